The van der Waals surface area contributed by atoms with Crippen molar-refractivity contribution in [2.24, 2.45) is 0 Å². The van der Waals surface area contributed by atoms with Crippen LogP contribution in [0.1, 0.15) is 49.9 Å². The van der Waals surface area contributed by atoms with Crippen LogP contribution in [0.25, 0.3) is 10.2 Å². The van der Waals surface area contributed by atoms with Crippen molar-refractivity contribution < 1.29 is 21.6 Å². The van der Waals surface area contributed by atoms with E-state index < -0.39 is 19.9 Å². The Morgan fingerprint density at radius 3 is 2.10 bits per heavy atom. The van der Waals surface area contributed by atoms with E-state index in [0.29, 0.717) is 47.1 Å². The van der Waals surface area contributed by atoms with E-state index in [4.69, 9.17) is 0 Å². The molecule has 1 aromatic heterocycles. The minimum Gasteiger partial charge on any atom is -0.302 e. The molecule has 1 saturated heterocycles. The van der Waals surface area contributed by atoms with Crippen molar-refractivity contribution in [2.45, 2.75) is 49.3 Å². The highest BCUT2D eigenvalue weighted by Gasteiger charge is 2.27. The third kappa shape index (κ3) is 6.86. The van der Waals surface area contributed by atoms with Crippen LogP contribution < -0.4 is 4.90 Å². The largest absolute Gasteiger partial charge is 0.302 e. The summed E-state index contributed by atoms with van der Waals surface area (Å²) in [6, 6.07) is 10.9. The number of anilines is 1. The van der Waals surface area contributed by atoms with Crippen LogP contribution in [-0.2, 0) is 19.9 Å². The number of likely N-dealkylation sites (N-methyl/N-ethyl adjacent to an activating group) is 1. The molecule has 1 fully saturated rings. The second-order valence-electron chi connectivity index (χ2n) is 9.72. The number of aromatic nitrogens is 1. The van der Waals surface area contributed by atoms with Crippen molar-refractivity contribution in [2.75, 3.05) is 50.4 Å². The topological polar surface area (TPSA) is 108 Å². The fourth-order valence-electron chi connectivity index (χ4n) is 4.66. The van der Waals surface area contributed by atoms with Crippen LogP contribution in [-0.4, -0.2) is 82.5 Å². The maximum atomic E-state index is 13.8. The van der Waals surface area contributed by atoms with E-state index in [-0.39, 0.29) is 15.7 Å². The lowest BCUT2D eigenvalue weighted by Crippen LogP contribution is -2.39. The maximum Gasteiger partial charge on any atom is 0.260 e. The lowest BCUT2D eigenvalue weighted by Gasteiger charge is -2.25. The number of sulfone groups is 1. The van der Waals surface area contributed by atoms with Gasteiger partial charge < -0.3 is 4.90 Å². The number of fused-ring (bicyclic) bond motifs is 1. The SMILES string of the molecule is CCN(CC)CCN(C(=O)c1ccc(S(=O)(=O)N2CCCCCC2)cc1)c1nc2ccc(S(C)(=O)=O)cc2s1. The van der Waals surface area contributed by atoms with Crippen LogP contribution in [0, 0.1) is 0 Å². The predicted molar refractivity (Wildman–Crippen MR) is 156 cm³/mol. The molecule has 0 aliphatic carbocycles. The number of carbonyl (C=O) groups excluding carboxylic acids is 1. The summed E-state index contributed by atoms with van der Waals surface area (Å²) >= 11 is 1.26. The van der Waals surface area contributed by atoms with Gasteiger partial charge in [0, 0.05) is 38.0 Å². The number of rotatable bonds is 10. The van der Waals surface area contributed by atoms with Crippen molar-refractivity contribution in [3.05, 3.63) is 48.0 Å². The Labute approximate surface area is 235 Å². The highest BCUT2D eigenvalue weighted by Crippen LogP contribution is 2.32. The second-order valence-corrected chi connectivity index (χ2v) is 14.7. The van der Waals surface area contributed by atoms with Crippen LogP contribution >= 0.6 is 11.3 Å². The standard InChI is InChI=1S/C27H36N4O5S3/c1-4-29(5-2)18-19-31(27-28-24-15-14-23(38(3,33)34)20-25(24)37-27)26(32)21-10-12-22(13-11-21)39(35,36)30-16-8-6-7-9-17-30/h10-15,20H,4-9,16-19H2,1-3H3. The molecule has 1 amide bonds. The summed E-state index contributed by atoms with van der Waals surface area (Å²) < 4.78 is 52.7. The zero-order chi connectivity index (χ0) is 28.2. The van der Waals surface area contributed by atoms with Gasteiger partial charge in [-0.15, -0.1) is 0 Å². The number of amides is 1. The van der Waals surface area contributed by atoms with E-state index >= 15 is 0 Å². The molecule has 1 aliphatic heterocycles. The Morgan fingerprint density at radius 1 is 0.897 bits per heavy atom. The van der Waals surface area contributed by atoms with E-state index in [2.05, 4.69) is 23.7 Å². The summed E-state index contributed by atoms with van der Waals surface area (Å²) in [4.78, 5) is 22.6. The third-order valence-electron chi connectivity index (χ3n) is 7.09. The molecule has 9 nitrogen and oxygen atoms in total. The fraction of sp³-hybridized carbons (Fsp3) is 0.481. The molecule has 3 aromatic rings. The highest BCUT2D eigenvalue weighted by atomic mass is 32.2. The first kappa shape index (κ1) is 29.6. The van der Waals surface area contributed by atoms with Gasteiger partial charge in [0.25, 0.3) is 5.91 Å². The molecule has 212 valence electrons. The summed E-state index contributed by atoms with van der Waals surface area (Å²) in [6.45, 7) is 7.82. The van der Waals surface area contributed by atoms with Gasteiger partial charge in [0.1, 0.15) is 0 Å². The zero-order valence-electron chi connectivity index (χ0n) is 22.7. The normalized spacial score (nSPS) is 15.5. The van der Waals surface area contributed by atoms with Crippen molar-refractivity contribution in [3.63, 3.8) is 0 Å². The third-order valence-corrected chi connectivity index (χ3v) is 11.2. The molecule has 1 aliphatic rings. The number of nitrogens with zero attached hydrogens (tertiary/aromatic N) is 4. The fourth-order valence-corrected chi connectivity index (χ4v) is 7.93. The predicted octanol–water partition coefficient (Wildman–Crippen LogP) is 4.25. The molecule has 0 radical (unpaired) electrons. The van der Waals surface area contributed by atoms with Gasteiger partial charge in [-0.2, -0.15) is 4.31 Å². The Bertz CT molecular complexity index is 1510. The molecule has 0 atom stereocenters. The average Bonchev–Trinajstić information content (AvgIpc) is 3.13. The van der Waals surface area contributed by atoms with Crippen LogP contribution in [0.15, 0.2) is 52.3 Å². The van der Waals surface area contributed by atoms with Crippen molar-refractivity contribution in [1.29, 1.82) is 0 Å². The molecule has 0 bridgehead atoms. The number of thiazole rings is 1. The Balaban J connectivity index is 1.64. The van der Waals surface area contributed by atoms with Crippen molar-refractivity contribution in [1.82, 2.24) is 14.2 Å². The van der Waals surface area contributed by atoms with E-state index in [1.165, 1.54) is 29.5 Å². The monoisotopic (exact) mass is 592 g/mol. The summed E-state index contributed by atoms with van der Waals surface area (Å²) in [6.07, 6.45) is 4.93. The average molecular weight is 593 g/mol. The smallest absolute Gasteiger partial charge is 0.260 e. The van der Waals surface area contributed by atoms with Crippen molar-refractivity contribution in [3.8, 4) is 0 Å². The van der Waals surface area contributed by atoms with E-state index in [1.54, 1.807) is 33.5 Å². The molecule has 0 saturated carbocycles. The minimum atomic E-state index is -3.62. The number of carbonyl (C=O) groups is 1. The first-order chi connectivity index (χ1) is 18.5. The van der Waals surface area contributed by atoms with Gasteiger partial charge in [-0.1, -0.05) is 38.0 Å². The van der Waals surface area contributed by atoms with Crippen LogP contribution in [0.2, 0.25) is 0 Å². The quantitative estimate of drug-likeness (QED) is 0.346. The molecule has 0 spiro atoms. The van der Waals surface area contributed by atoms with Crippen molar-refractivity contribution >= 4 is 52.5 Å². The van der Waals surface area contributed by atoms with Crippen LogP contribution in [0.4, 0.5) is 5.13 Å². The number of hydrogen-bond acceptors (Lipinski definition) is 8. The molecule has 12 heteroatoms. The molecule has 0 unspecified atom stereocenters. The van der Waals surface area contributed by atoms with Crippen LogP contribution in [0.5, 0.6) is 0 Å². The van der Waals surface area contributed by atoms with Gasteiger partial charge >= 0.3 is 0 Å². The number of sulfonamides is 1. The summed E-state index contributed by atoms with van der Waals surface area (Å²) in [7, 11) is -7.00. The summed E-state index contributed by atoms with van der Waals surface area (Å²) in [5, 5.41) is 0.467. The van der Waals surface area contributed by atoms with Gasteiger partial charge in [0.05, 0.1) is 20.0 Å². The zero-order valence-corrected chi connectivity index (χ0v) is 25.1. The first-order valence-electron chi connectivity index (χ1n) is 13.3. The molecular formula is C27H36N4O5S3. The second kappa shape index (κ2) is 12.4. The summed E-state index contributed by atoms with van der Waals surface area (Å²) in [5.74, 6) is -0.289. The lowest BCUT2D eigenvalue weighted by atomic mass is 10.2. The Hall–Kier alpha value is -2.38. The van der Waals surface area contributed by atoms with E-state index in [1.807, 2.05) is 0 Å². The van der Waals surface area contributed by atoms with Gasteiger partial charge in [-0.3, -0.25) is 9.69 Å². The van der Waals surface area contributed by atoms with Gasteiger partial charge in [0.2, 0.25) is 10.0 Å². The van der Waals surface area contributed by atoms with E-state index in [0.717, 1.165) is 45.0 Å². The van der Waals surface area contributed by atoms with Gasteiger partial charge in [0.15, 0.2) is 15.0 Å². The number of hydrogen-bond donors (Lipinski definition) is 0. The molecule has 4 rings (SSSR count). The molecule has 2 aromatic carbocycles. The van der Waals surface area contributed by atoms with E-state index in [9.17, 15) is 21.6 Å². The minimum absolute atomic E-state index is 0.184. The maximum absolute atomic E-state index is 13.8. The Morgan fingerprint density at radius 2 is 1.51 bits per heavy atom. The highest BCUT2D eigenvalue weighted by molar-refractivity contribution is 7.90. The molecule has 2 heterocycles. The molecular weight excluding hydrogens is 557 g/mol. The molecule has 0 N–H and O–H groups in total. The molecule has 39 heavy (non-hydrogen) atoms. The van der Waals surface area contributed by atoms with Gasteiger partial charge in [-0.05, 0) is 68.4 Å². The van der Waals surface area contributed by atoms with Gasteiger partial charge in [-0.25, -0.2) is 21.8 Å². The summed E-state index contributed by atoms with van der Waals surface area (Å²) in [5.41, 5.74) is 0.974. The number of benzene rings is 2. The Kier molecular flexibility index (Phi) is 9.43. The lowest BCUT2D eigenvalue weighted by molar-refractivity contribution is 0.0983. The first-order valence-corrected chi connectivity index (χ1v) is 17.4. The van der Waals surface area contributed by atoms with Crippen LogP contribution in [0.3, 0.4) is 0 Å².